The highest BCUT2D eigenvalue weighted by atomic mass is 35.5. The largest absolute Gasteiger partial charge is 0.290 e. The second kappa shape index (κ2) is 14.6. The number of rotatable bonds is 13. The summed E-state index contributed by atoms with van der Waals surface area (Å²) in [5, 5.41) is 1.04. The van der Waals surface area contributed by atoms with Crippen molar-refractivity contribution in [2.24, 2.45) is 5.92 Å². The van der Waals surface area contributed by atoms with Crippen LogP contribution >= 0.6 is 11.6 Å². The maximum absolute atomic E-state index is 13.4. The van der Waals surface area contributed by atoms with E-state index >= 15 is 0 Å². The van der Waals surface area contributed by atoms with Crippen molar-refractivity contribution in [3.63, 3.8) is 0 Å². The number of sulfone groups is 1. The van der Waals surface area contributed by atoms with Gasteiger partial charge in [0.2, 0.25) is 0 Å². The van der Waals surface area contributed by atoms with Gasteiger partial charge in [0.1, 0.15) is 0 Å². The third kappa shape index (κ3) is 8.65. The summed E-state index contributed by atoms with van der Waals surface area (Å²) in [5.74, 6) is 0.0956. The lowest BCUT2D eigenvalue weighted by atomic mass is 9.83. The summed E-state index contributed by atoms with van der Waals surface area (Å²) in [6, 6.07) is 39.6. The second-order valence-corrected chi connectivity index (χ2v) is 13.4. The average molecular weight is 586 g/mol. The molecular weight excluding hydrogens is 546 g/mol. The molecule has 0 aliphatic carbocycles. The topological polar surface area (TPSA) is 37.4 Å². The monoisotopic (exact) mass is 585 g/mol. The highest BCUT2D eigenvalue weighted by Crippen LogP contribution is 2.38. The highest BCUT2D eigenvalue weighted by molar-refractivity contribution is 7.94. The molecule has 0 spiro atoms. The number of alkyl halides is 1. The molecule has 4 aromatic rings. The summed E-state index contributed by atoms with van der Waals surface area (Å²) in [6.07, 6.45) is 0.871. The summed E-state index contributed by atoms with van der Waals surface area (Å²) < 4.78 is 26.9. The van der Waals surface area contributed by atoms with E-state index in [1.165, 1.54) is 16.5 Å². The van der Waals surface area contributed by atoms with Crippen molar-refractivity contribution in [2.45, 2.75) is 62.5 Å². The van der Waals surface area contributed by atoms with Crippen molar-refractivity contribution in [2.75, 3.05) is 0 Å². The van der Waals surface area contributed by atoms with Gasteiger partial charge in [0.25, 0.3) is 0 Å². The fraction of sp³-hybridized carbons (Fsp3) is 0.278. The predicted octanol–water partition coefficient (Wildman–Crippen LogP) is 8.87. The molecule has 0 bridgehead atoms. The molecule has 0 radical (unpaired) electrons. The molecule has 0 N–H and O–H groups in total. The zero-order chi connectivity index (χ0) is 29.2. The standard InChI is InChI=1S/C36H40ClNO2S/c1-28(2)24-34(38(25-30-16-8-4-9-17-30)26-31-18-10-5-11-19-31)36(37)35(32-20-12-6-13-21-32)29(3)27-41(39,40)33-22-14-7-15-23-33/h4-23,27-28,34-36H,24-26H2,1-3H3/b29-27+/t34-,35-,36-/m0/s1. The number of hydrogen-bond acceptors (Lipinski definition) is 3. The first-order valence-corrected chi connectivity index (χ1v) is 16.2. The summed E-state index contributed by atoms with van der Waals surface area (Å²) >= 11 is 7.61. The molecule has 0 fully saturated rings. The van der Waals surface area contributed by atoms with Crippen LogP contribution in [0.4, 0.5) is 0 Å². The van der Waals surface area contributed by atoms with E-state index in [1.807, 2.05) is 43.3 Å². The quantitative estimate of drug-likeness (QED) is 0.147. The van der Waals surface area contributed by atoms with Gasteiger partial charge in [0.15, 0.2) is 9.84 Å². The van der Waals surface area contributed by atoms with E-state index in [0.717, 1.165) is 30.6 Å². The van der Waals surface area contributed by atoms with Crippen LogP contribution in [0.1, 0.15) is 49.8 Å². The van der Waals surface area contributed by atoms with Gasteiger partial charge in [0.05, 0.1) is 10.3 Å². The van der Waals surface area contributed by atoms with Crippen molar-refractivity contribution in [3.05, 3.63) is 149 Å². The minimum absolute atomic E-state index is 0.0231. The highest BCUT2D eigenvalue weighted by Gasteiger charge is 2.35. The Hall–Kier alpha value is -3.18. The van der Waals surface area contributed by atoms with Gasteiger partial charge < -0.3 is 0 Å². The smallest absolute Gasteiger partial charge is 0.199 e. The third-order valence-electron chi connectivity index (χ3n) is 7.39. The Labute approximate surface area is 251 Å². The first-order chi connectivity index (χ1) is 19.7. The fourth-order valence-electron chi connectivity index (χ4n) is 5.47. The van der Waals surface area contributed by atoms with Gasteiger partial charge in [-0.1, -0.05) is 129 Å². The zero-order valence-electron chi connectivity index (χ0n) is 24.1. The molecule has 214 valence electrons. The molecule has 4 aromatic carbocycles. The van der Waals surface area contributed by atoms with Crippen molar-refractivity contribution >= 4 is 21.4 Å². The summed E-state index contributed by atoms with van der Waals surface area (Å²) in [4.78, 5) is 2.75. The van der Waals surface area contributed by atoms with Crippen LogP contribution in [0.15, 0.2) is 137 Å². The van der Waals surface area contributed by atoms with Crippen LogP contribution in [-0.4, -0.2) is 24.7 Å². The number of allylic oxidation sites excluding steroid dienone is 1. The second-order valence-electron chi connectivity index (χ2n) is 11.1. The predicted molar refractivity (Wildman–Crippen MR) is 172 cm³/mol. The number of nitrogens with zero attached hydrogens (tertiary/aromatic N) is 1. The van der Waals surface area contributed by atoms with Crippen LogP contribution in [0.25, 0.3) is 0 Å². The SMILES string of the molecule is C/C(=C\S(=O)(=O)c1ccccc1)[C@@H](c1ccccc1)[C@@H](Cl)[C@H](CC(C)C)N(Cc1ccccc1)Cc1ccccc1. The van der Waals surface area contributed by atoms with Crippen LogP contribution in [0.5, 0.6) is 0 Å². The number of halogens is 1. The van der Waals surface area contributed by atoms with Crippen LogP contribution in [0.2, 0.25) is 0 Å². The van der Waals surface area contributed by atoms with Crippen LogP contribution in [0.3, 0.4) is 0 Å². The summed E-state index contributed by atoms with van der Waals surface area (Å²) in [7, 11) is -3.65. The molecular formula is C36H40ClNO2S. The molecule has 0 saturated carbocycles. The molecule has 0 amide bonds. The van der Waals surface area contributed by atoms with E-state index in [4.69, 9.17) is 11.6 Å². The Bertz CT molecular complexity index is 1430. The lowest BCUT2D eigenvalue weighted by Gasteiger charge is -2.39. The van der Waals surface area contributed by atoms with Gasteiger partial charge in [-0.15, -0.1) is 11.6 Å². The van der Waals surface area contributed by atoms with Crippen LogP contribution in [-0.2, 0) is 22.9 Å². The first-order valence-electron chi connectivity index (χ1n) is 14.2. The Morgan fingerprint density at radius 3 is 1.63 bits per heavy atom. The Balaban J connectivity index is 1.79. The molecule has 0 unspecified atom stereocenters. The zero-order valence-corrected chi connectivity index (χ0v) is 25.7. The number of hydrogen-bond donors (Lipinski definition) is 0. The van der Waals surface area contributed by atoms with E-state index in [1.54, 1.807) is 24.3 Å². The minimum Gasteiger partial charge on any atom is -0.290 e. The van der Waals surface area contributed by atoms with E-state index < -0.39 is 9.84 Å². The van der Waals surface area contributed by atoms with Crippen molar-refractivity contribution in [1.29, 1.82) is 0 Å². The fourth-order valence-corrected chi connectivity index (χ4v) is 7.38. The maximum Gasteiger partial charge on any atom is 0.199 e. The normalized spacial score (nSPS) is 14.6. The first kappa shape index (κ1) is 30.8. The van der Waals surface area contributed by atoms with Crippen molar-refractivity contribution < 1.29 is 8.42 Å². The molecule has 0 aliphatic heterocycles. The Kier molecular flexibility index (Phi) is 11.0. The molecule has 0 saturated heterocycles. The lowest BCUT2D eigenvalue weighted by molar-refractivity contribution is 0.146. The summed E-state index contributed by atoms with van der Waals surface area (Å²) in [5.41, 5.74) is 4.18. The lowest BCUT2D eigenvalue weighted by Crippen LogP contribution is -2.44. The van der Waals surface area contributed by atoms with Gasteiger partial charge in [-0.3, -0.25) is 4.90 Å². The van der Waals surface area contributed by atoms with Gasteiger partial charge in [-0.2, -0.15) is 0 Å². The molecule has 0 aromatic heterocycles. The van der Waals surface area contributed by atoms with Gasteiger partial charge in [0, 0.05) is 30.5 Å². The van der Waals surface area contributed by atoms with E-state index in [0.29, 0.717) is 5.92 Å². The molecule has 41 heavy (non-hydrogen) atoms. The van der Waals surface area contributed by atoms with Gasteiger partial charge in [-0.25, -0.2) is 8.42 Å². The minimum atomic E-state index is -3.65. The summed E-state index contributed by atoms with van der Waals surface area (Å²) in [6.45, 7) is 7.82. The van der Waals surface area contributed by atoms with E-state index in [2.05, 4.69) is 79.4 Å². The Morgan fingerprint density at radius 1 is 0.732 bits per heavy atom. The maximum atomic E-state index is 13.4. The molecule has 0 heterocycles. The molecule has 0 aliphatic rings. The Morgan fingerprint density at radius 2 is 1.17 bits per heavy atom. The van der Waals surface area contributed by atoms with E-state index in [9.17, 15) is 8.42 Å². The third-order valence-corrected chi connectivity index (χ3v) is 9.54. The molecule has 4 rings (SSSR count). The average Bonchev–Trinajstić information content (AvgIpc) is 2.97. The number of benzene rings is 4. The molecule has 3 nitrogen and oxygen atoms in total. The van der Waals surface area contributed by atoms with Gasteiger partial charge in [-0.05, 0) is 48.1 Å². The molecule has 5 heteroatoms. The van der Waals surface area contributed by atoms with Crippen LogP contribution in [0, 0.1) is 5.92 Å². The van der Waals surface area contributed by atoms with Gasteiger partial charge >= 0.3 is 0 Å². The molecule has 3 atom stereocenters. The van der Waals surface area contributed by atoms with E-state index in [-0.39, 0.29) is 22.2 Å². The van der Waals surface area contributed by atoms with Crippen LogP contribution < -0.4 is 0 Å². The van der Waals surface area contributed by atoms with Crippen molar-refractivity contribution in [3.8, 4) is 0 Å². The van der Waals surface area contributed by atoms with Crippen molar-refractivity contribution in [1.82, 2.24) is 4.90 Å².